The van der Waals surface area contributed by atoms with Crippen LogP contribution in [0.1, 0.15) is 25.0 Å². The first kappa shape index (κ1) is 23.5. The molecule has 0 aliphatic rings. The molecule has 0 bridgehead atoms. The second-order valence-electron chi connectivity index (χ2n) is 7.97. The van der Waals surface area contributed by atoms with Gasteiger partial charge in [0, 0.05) is 13.1 Å². The van der Waals surface area contributed by atoms with Crippen LogP contribution in [0.5, 0.6) is 5.75 Å². The molecule has 3 rings (SSSR count). The van der Waals surface area contributed by atoms with Crippen molar-refractivity contribution in [2.75, 3.05) is 6.54 Å². The van der Waals surface area contributed by atoms with Gasteiger partial charge >= 0.3 is 10.1 Å². The van der Waals surface area contributed by atoms with Crippen LogP contribution < -0.4 is 4.18 Å². The van der Waals surface area contributed by atoms with Crippen molar-refractivity contribution in [2.45, 2.75) is 31.7 Å². The molecular weight excluding hydrogens is 429 g/mol. The Morgan fingerprint density at radius 2 is 1.59 bits per heavy atom. The molecular formula is C25H26FNO4S. The van der Waals surface area contributed by atoms with Crippen molar-refractivity contribution < 1.29 is 21.8 Å². The third kappa shape index (κ3) is 6.65. The normalized spacial score (nSPS) is 11.4. The average Bonchev–Trinajstić information content (AvgIpc) is 2.74. The van der Waals surface area contributed by atoms with E-state index < -0.39 is 15.9 Å². The molecule has 1 amide bonds. The molecule has 0 aliphatic carbocycles. The summed E-state index contributed by atoms with van der Waals surface area (Å²) >= 11 is 0. The molecule has 0 aliphatic heterocycles. The summed E-state index contributed by atoms with van der Waals surface area (Å²) in [6.45, 7) is 4.98. The number of hydrogen-bond donors (Lipinski definition) is 0. The van der Waals surface area contributed by atoms with E-state index >= 15 is 0 Å². The first-order valence-electron chi connectivity index (χ1n) is 10.3. The van der Waals surface area contributed by atoms with Crippen molar-refractivity contribution in [3.05, 3.63) is 95.8 Å². The molecule has 0 fully saturated rings. The van der Waals surface area contributed by atoms with Gasteiger partial charge < -0.3 is 9.08 Å². The first-order chi connectivity index (χ1) is 15.2. The Kier molecular flexibility index (Phi) is 7.64. The minimum absolute atomic E-state index is 0.00449. The van der Waals surface area contributed by atoms with Gasteiger partial charge in [0.2, 0.25) is 5.91 Å². The Hall–Kier alpha value is -3.19. The molecule has 5 nitrogen and oxygen atoms in total. The zero-order valence-electron chi connectivity index (χ0n) is 18.1. The second-order valence-corrected chi connectivity index (χ2v) is 9.52. The van der Waals surface area contributed by atoms with Gasteiger partial charge in [-0.25, -0.2) is 4.39 Å². The zero-order chi connectivity index (χ0) is 23.1. The second kappa shape index (κ2) is 10.4. The lowest BCUT2D eigenvalue weighted by Gasteiger charge is -2.25. The number of nitrogens with zero attached hydrogens (tertiary/aromatic N) is 1. The highest BCUT2D eigenvalue weighted by atomic mass is 32.2. The summed E-state index contributed by atoms with van der Waals surface area (Å²) in [5, 5.41) is 0. The fourth-order valence-corrected chi connectivity index (χ4v) is 4.19. The van der Waals surface area contributed by atoms with Gasteiger partial charge in [-0.1, -0.05) is 56.3 Å². The lowest BCUT2D eigenvalue weighted by molar-refractivity contribution is -0.131. The minimum atomic E-state index is -4.10. The van der Waals surface area contributed by atoms with E-state index in [2.05, 4.69) is 0 Å². The van der Waals surface area contributed by atoms with Gasteiger partial charge in [-0.3, -0.25) is 4.79 Å². The van der Waals surface area contributed by atoms with Gasteiger partial charge in [-0.15, -0.1) is 0 Å². The summed E-state index contributed by atoms with van der Waals surface area (Å²) in [6, 6.07) is 20.6. The van der Waals surface area contributed by atoms with Gasteiger partial charge in [0.15, 0.2) is 0 Å². The number of carbonyl (C=O) groups excluding carboxylic acids is 1. The Bertz CT molecular complexity index is 1150. The predicted molar refractivity (Wildman–Crippen MR) is 121 cm³/mol. The van der Waals surface area contributed by atoms with Crippen LogP contribution in [0.4, 0.5) is 4.39 Å². The van der Waals surface area contributed by atoms with Crippen LogP contribution in [0.25, 0.3) is 0 Å². The van der Waals surface area contributed by atoms with Gasteiger partial charge in [-0.2, -0.15) is 8.42 Å². The minimum Gasteiger partial charge on any atom is -0.379 e. The van der Waals surface area contributed by atoms with E-state index in [-0.39, 0.29) is 22.5 Å². The molecule has 0 spiro atoms. The van der Waals surface area contributed by atoms with Crippen LogP contribution in [-0.4, -0.2) is 25.8 Å². The van der Waals surface area contributed by atoms with Gasteiger partial charge in [0.05, 0.1) is 6.42 Å². The smallest absolute Gasteiger partial charge is 0.339 e. The van der Waals surface area contributed by atoms with Crippen molar-refractivity contribution in [3.63, 3.8) is 0 Å². The van der Waals surface area contributed by atoms with Gasteiger partial charge in [0.1, 0.15) is 16.5 Å². The summed E-state index contributed by atoms with van der Waals surface area (Å²) < 4.78 is 43.3. The molecule has 0 atom stereocenters. The fourth-order valence-electron chi connectivity index (χ4n) is 3.27. The number of benzene rings is 3. The number of amides is 1. The lowest BCUT2D eigenvalue weighted by Crippen LogP contribution is -2.34. The zero-order valence-corrected chi connectivity index (χ0v) is 18.9. The topological polar surface area (TPSA) is 63.7 Å². The summed E-state index contributed by atoms with van der Waals surface area (Å²) in [5.41, 5.74) is 1.69. The molecule has 3 aromatic rings. The largest absolute Gasteiger partial charge is 0.379 e. The third-order valence-corrected chi connectivity index (χ3v) is 5.98. The Labute approximate surface area is 188 Å². The molecule has 0 radical (unpaired) electrons. The number of carbonyl (C=O) groups is 1. The molecule has 0 aromatic heterocycles. The summed E-state index contributed by atoms with van der Waals surface area (Å²) in [7, 11) is -4.10. The predicted octanol–water partition coefficient (Wildman–Crippen LogP) is 4.82. The van der Waals surface area contributed by atoms with Crippen molar-refractivity contribution in [2.24, 2.45) is 5.92 Å². The van der Waals surface area contributed by atoms with E-state index in [9.17, 15) is 17.6 Å². The number of halogens is 1. The molecule has 0 saturated heterocycles. The van der Waals surface area contributed by atoms with Crippen LogP contribution in [-0.2, 0) is 27.9 Å². The van der Waals surface area contributed by atoms with Crippen molar-refractivity contribution in [1.82, 2.24) is 4.90 Å². The number of rotatable bonds is 9. The molecule has 0 unspecified atom stereocenters. The molecule has 0 saturated carbocycles. The molecule has 0 N–H and O–H groups in total. The van der Waals surface area contributed by atoms with Crippen LogP contribution >= 0.6 is 0 Å². The average molecular weight is 456 g/mol. The SMILES string of the molecule is CC(C)CN(Cc1cccc(OS(=O)(=O)c2ccc(F)cc2)c1)C(=O)Cc1ccccc1. The summed E-state index contributed by atoms with van der Waals surface area (Å²) in [4.78, 5) is 14.6. The first-order valence-corrected chi connectivity index (χ1v) is 11.7. The Balaban J connectivity index is 1.75. The van der Waals surface area contributed by atoms with Crippen molar-refractivity contribution in [1.29, 1.82) is 0 Å². The van der Waals surface area contributed by atoms with E-state index in [4.69, 9.17) is 4.18 Å². The Morgan fingerprint density at radius 1 is 0.938 bits per heavy atom. The van der Waals surface area contributed by atoms with E-state index in [1.807, 2.05) is 50.2 Å². The van der Waals surface area contributed by atoms with Crippen LogP contribution in [0, 0.1) is 11.7 Å². The highest BCUT2D eigenvalue weighted by Crippen LogP contribution is 2.21. The highest BCUT2D eigenvalue weighted by Gasteiger charge is 2.19. The quantitative estimate of drug-likeness (QED) is 0.434. The van der Waals surface area contributed by atoms with E-state index in [0.29, 0.717) is 19.5 Å². The van der Waals surface area contributed by atoms with Crippen LogP contribution in [0.15, 0.2) is 83.8 Å². The van der Waals surface area contributed by atoms with E-state index in [1.54, 1.807) is 17.0 Å². The maximum absolute atomic E-state index is 13.1. The fraction of sp³-hybridized carbons (Fsp3) is 0.240. The molecule has 32 heavy (non-hydrogen) atoms. The maximum atomic E-state index is 13.1. The summed E-state index contributed by atoms with van der Waals surface area (Å²) in [5.74, 6) is -0.133. The van der Waals surface area contributed by atoms with E-state index in [1.165, 1.54) is 6.07 Å². The van der Waals surface area contributed by atoms with Gasteiger partial charge in [-0.05, 0) is 53.4 Å². The molecule has 0 heterocycles. The van der Waals surface area contributed by atoms with Gasteiger partial charge in [0.25, 0.3) is 0 Å². The highest BCUT2D eigenvalue weighted by molar-refractivity contribution is 7.87. The molecule has 7 heteroatoms. The summed E-state index contributed by atoms with van der Waals surface area (Å²) in [6.07, 6.45) is 0.294. The van der Waals surface area contributed by atoms with Crippen LogP contribution in [0.3, 0.4) is 0 Å². The molecule has 3 aromatic carbocycles. The van der Waals surface area contributed by atoms with Crippen molar-refractivity contribution in [3.8, 4) is 5.75 Å². The van der Waals surface area contributed by atoms with Crippen molar-refractivity contribution >= 4 is 16.0 Å². The Morgan fingerprint density at radius 3 is 2.25 bits per heavy atom. The lowest BCUT2D eigenvalue weighted by atomic mass is 10.1. The molecule has 168 valence electrons. The standard InChI is InChI=1S/C25H26FNO4S/c1-19(2)17-27(25(28)16-20-7-4-3-5-8-20)18-21-9-6-10-23(15-21)31-32(29,30)24-13-11-22(26)12-14-24/h3-15,19H,16-18H2,1-2H3. The maximum Gasteiger partial charge on any atom is 0.339 e. The van der Waals surface area contributed by atoms with Crippen LogP contribution in [0.2, 0.25) is 0 Å². The van der Waals surface area contributed by atoms with E-state index in [0.717, 1.165) is 35.4 Å². The third-order valence-electron chi connectivity index (χ3n) is 4.72. The monoisotopic (exact) mass is 455 g/mol. The number of hydrogen-bond acceptors (Lipinski definition) is 4.